The van der Waals surface area contributed by atoms with E-state index in [2.05, 4.69) is 26.1 Å². The molecule has 2 bridgehead atoms. The van der Waals surface area contributed by atoms with Crippen LogP contribution in [0.15, 0.2) is 22.7 Å². The first-order valence-corrected chi connectivity index (χ1v) is 13.5. The third-order valence-electron chi connectivity index (χ3n) is 9.04. The fraction of sp³-hybridized carbons (Fsp3) is 0.692. The Morgan fingerprint density at radius 3 is 2.62 bits per heavy atom. The summed E-state index contributed by atoms with van der Waals surface area (Å²) in [7, 11) is 0. The number of ether oxygens (including phenoxy) is 1. The van der Waals surface area contributed by atoms with Gasteiger partial charge >= 0.3 is 5.97 Å². The van der Waals surface area contributed by atoms with Gasteiger partial charge in [0.15, 0.2) is 0 Å². The van der Waals surface area contributed by atoms with E-state index in [4.69, 9.17) is 4.74 Å². The quantitative estimate of drug-likeness (QED) is 0.440. The van der Waals surface area contributed by atoms with Crippen LogP contribution >= 0.6 is 15.9 Å². The van der Waals surface area contributed by atoms with Crippen LogP contribution in [0, 0.1) is 40.8 Å². The van der Waals surface area contributed by atoms with Gasteiger partial charge in [0.2, 0.25) is 5.91 Å². The Labute approximate surface area is 208 Å². The standard InChI is InChI=1S/C26H34BrFN2O4/c27-18-4-3-16(21(28)13-18)15-29-24(31)22-19-5-6-20(23(22)25(32)33)26(19)14-17(26)7-11-34-12-10-30-8-1-2-9-30/h3-4,13,17,19-20,22-23H,1-2,5-12,14-15H2,(H,29,31)(H,32,33)/t17?,19-,20+,22+,23+,26?/m0/s1. The van der Waals surface area contributed by atoms with Crippen molar-refractivity contribution in [1.82, 2.24) is 10.2 Å². The number of hydrogen-bond acceptors (Lipinski definition) is 4. The minimum atomic E-state index is -0.867. The summed E-state index contributed by atoms with van der Waals surface area (Å²) in [4.78, 5) is 27.9. The number of halogens is 2. The molecule has 1 saturated heterocycles. The van der Waals surface area contributed by atoms with Gasteiger partial charge in [-0.05, 0) is 86.9 Å². The monoisotopic (exact) mass is 536 g/mol. The van der Waals surface area contributed by atoms with E-state index in [1.807, 2.05) is 0 Å². The van der Waals surface area contributed by atoms with Crippen LogP contribution in [0.25, 0.3) is 0 Å². The molecule has 1 amide bonds. The summed E-state index contributed by atoms with van der Waals surface area (Å²) in [5.74, 6) is -2.07. The number of carbonyl (C=O) groups is 2. The third-order valence-corrected chi connectivity index (χ3v) is 9.53. The lowest BCUT2D eigenvalue weighted by Crippen LogP contribution is -2.41. The highest BCUT2D eigenvalue weighted by Crippen LogP contribution is 2.78. The van der Waals surface area contributed by atoms with Gasteiger partial charge in [-0.25, -0.2) is 4.39 Å². The van der Waals surface area contributed by atoms with Crippen molar-refractivity contribution < 1.29 is 23.8 Å². The maximum Gasteiger partial charge on any atom is 0.307 e. The third kappa shape index (κ3) is 4.42. The lowest BCUT2D eigenvalue weighted by Gasteiger charge is -2.27. The fourth-order valence-electron chi connectivity index (χ4n) is 7.51. The van der Waals surface area contributed by atoms with Crippen LogP contribution in [-0.4, -0.2) is 54.7 Å². The van der Waals surface area contributed by atoms with E-state index in [1.165, 1.54) is 32.0 Å². The van der Waals surface area contributed by atoms with Crippen LogP contribution in [0.2, 0.25) is 0 Å². The molecule has 186 valence electrons. The van der Waals surface area contributed by atoms with E-state index in [9.17, 15) is 19.1 Å². The van der Waals surface area contributed by atoms with Crippen molar-refractivity contribution in [2.75, 3.05) is 32.8 Å². The topological polar surface area (TPSA) is 78.9 Å². The molecule has 8 heteroatoms. The number of carboxylic acids is 1. The Bertz CT molecular complexity index is 939. The van der Waals surface area contributed by atoms with Gasteiger partial charge in [-0.1, -0.05) is 22.0 Å². The zero-order valence-electron chi connectivity index (χ0n) is 19.5. The molecular weight excluding hydrogens is 503 g/mol. The molecule has 1 aromatic rings. The van der Waals surface area contributed by atoms with Crippen LogP contribution in [-0.2, 0) is 20.9 Å². The lowest BCUT2D eigenvalue weighted by atomic mass is 9.78. The normalized spacial score (nSPS) is 34.1. The van der Waals surface area contributed by atoms with Gasteiger partial charge in [-0.15, -0.1) is 0 Å². The van der Waals surface area contributed by atoms with Crippen molar-refractivity contribution in [3.63, 3.8) is 0 Å². The molecule has 5 rings (SSSR count). The number of aliphatic carboxylic acids is 1. The van der Waals surface area contributed by atoms with E-state index >= 15 is 0 Å². The van der Waals surface area contributed by atoms with Crippen LogP contribution in [0.5, 0.6) is 0 Å². The van der Waals surface area contributed by atoms with Gasteiger partial charge in [0.25, 0.3) is 0 Å². The van der Waals surface area contributed by atoms with Gasteiger partial charge in [-0.3, -0.25) is 9.59 Å². The van der Waals surface area contributed by atoms with Crippen molar-refractivity contribution in [2.45, 2.75) is 45.1 Å². The lowest BCUT2D eigenvalue weighted by molar-refractivity contribution is -0.149. The summed E-state index contributed by atoms with van der Waals surface area (Å²) in [6.07, 6.45) is 6.31. The average molecular weight is 537 g/mol. The summed E-state index contributed by atoms with van der Waals surface area (Å²) >= 11 is 3.24. The largest absolute Gasteiger partial charge is 0.481 e. The highest BCUT2D eigenvalue weighted by Gasteiger charge is 2.75. The second-order valence-corrected chi connectivity index (χ2v) is 11.5. The number of nitrogens with zero attached hydrogens (tertiary/aromatic N) is 1. The first-order chi connectivity index (χ1) is 16.4. The van der Waals surface area contributed by atoms with Crippen LogP contribution in [0.1, 0.15) is 44.1 Å². The average Bonchev–Trinajstić information content (AvgIpc) is 3.08. The van der Waals surface area contributed by atoms with Gasteiger partial charge < -0.3 is 20.1 Å². The number of rotatable bonds is 10. The van der Waals surface area contributed by atoms with Crippen molar-refractivity contribution in [3.05, 3.63) is 34.1 Å². The Morgan fingerprint density at radius 1 is 1.18 bits per heavy atom. The molecule has 1 spiro atoms. The number of carbonyl (C=O) groups excluding carboxylic acids is 1. The number of likely N-dealkylation sites (tertiary alicyclic amines) is 1. The molecule has 1 aliphatic heterocycles. The van der Waals surface area contributed by atoms with Gasteiger partial charge in [0, 0.05) is 29.7 Å². The number of hydrogen-bond donors (Lipinski definition) is 2. The predicted molar refractivity (Wildman–Crippen MR) is 128 cm³/mol. The molecule has 2 N–H and O–H groups in total. The molecule has 0 aromatic heterocycles. The first-order valence-electron chi connectivity index (χ1n) is 12.7. The van der Waals surface area contributed by atoms with Crippen molar-refractivity contribution in [1.29, 1.82) is 0 Å². The van der Waals surface area contributed by atoms with E-state index in [-0.39, 0.29) is 35.5 Å². The second kappa shape index (κ2) is 9.86. The Kier molecular flexibility index (Phi) is 7.02. The molecule has 0 radical (unpaired) electrons. The Hall–Kier alpha value is -1.51. The predicted octanol–water partition coefficient (Wildman–Crippen LogP) is 4.07. The summed E-state index contributed by atoms with van der Waals surface area (Å²) in [5, 5.41) is 12.9. The summed E-state index contributed by atoms with van der Waals surface area (Å²) in [6.45, 7) is 4.86. The molecule has 3 aliphatic carbocycles. The van der Waals surface area contributed by atoms with Crippen LogP contribution in [0.3, 0.4) is 0 Å². The minimum absolute atomic E-state index is 0.0216. The molecular formula is C26H34BrFN2O4. The summed E-state index contributed by atoms with van der Waals surface area (Å²) in [5.41, 5.74) is 0.378. The maximum atomic E-state index is 14.2. The molecule has 1 aromatic carbocycles. The molecule has 3 saturated carbocycles. The first kappa shape index (κ1) is 24.2. The molecule has 2 unspecified atom stereocenters. The second-order valence-electron chi connectivity index (χ2n) is 10.6. The Morgan fingerprint density at radius 2 is 1.91 bits per heavy atom. The van der Waals surface area contributed by atoms with Crippen molar-refractivity contribution in [3.8, 4) is 0 Å². The smallest absolute Gasteiger partial charge is 0.307 e. The summed E-state index contributed by atoms with van der Waals surface area (Å²) < 4.78 is 20.7. The molecule has 4 fully saturated rings. The van der Waals surface area contributed by atoms with Gasteiger partial charge in [0.1, 0.15) is 5.82 Å². The van der Waals surface area contributed by atoms with Crippen molar-refractivity contribution in [2.24, 2.45) is 35.0 Å². The molecule has 1 heterocycles. The molecule has 6 nitrogen and oxygen atoms in total. The number of carboxylic acid groups (broad SMARTS) is 1. The molecule has 34 heavy (non-hydrogen) atoms. The van der Waals surface area contributed by atoms with Crippen LogP contribution in [0.4, 0.5) is 4.39 Å². The number of amides is 1. The highest BCUT2D eigenvalue weighted by molar-refractivity contribution is 9.10. The van der Waals surface area contributed by atoms with Gasteiger partial charge in [-0.2, -0.15) is 0 Å². The minimum Gasteiger partial charge on any atom is -0.481 e. The number of nitrogens with one attached hydrogen (secondary N) is 1. The van der Waals surface area contributed by atoms with E-state index < -0.39 is 17.8 Å². The Balaban J connectivity index is 1.18. The number of benzene rings is 1. The van der Waals surface area contributed by atoms with Crippen LogP contribution < -0.4 is 5.32 Å². The van der Waals surface area contributed by atoms with Crippen molar-refractivity contribution >= 4 is 27.8 Å². The molecule has 4 aliphatic rings. The highest BCUT2D eigenvalue weighted by atomic mass is 79.9. The zero-order chi connectivity index (χ0) is 23.9. The summed E-state index contributed by atoms with van der Waals surface area (Å²) in [6, 6.07) is 4.74. The van der Waals surface area contributed by atoms with E-state index in [1.54, 1.807) is 12.1 Å². The van der Waals surface area contributed by atoms with Gasteiger partial charge in [0.05, 0.1) is 18.4 Å². The SMILES string of the molecule is O=C(O)[C@H]1[C@H](C(=O)NCc2ccc(Br)cc2F)[C@@H]2CC[C@H]1C21CC1CCOCCN1CCCC1. The van der Waals surface area contributed by atoms with E-state index in [0.29, 0.717) is 22.6 Å². The fourth-order valence-corrected chi connectivity index (χ4v) is 7.84. The maximum absolute atomic E-state index is 14.2. The zero-order valence-corrected chi connectivity index (χ0v) is 21.1. The van der Waals surface area contributed by atoms with E-state index in [0.717, 1.165) is 38.8 Å². The molecule has 6 atom stereocenters.